The van der Waals surface area contributed by atoms with Crippen LogP contribution < -0.4 is 16.4 Å². The van der Waals surface area contributed by atoms with Gasteiger partial charge in [0.2, 0.25) is 5.91 Å². The van der Waals surface area contributed by atoms with Crippen LogP contribution in [-0.4, -0.2) is 54.3 Å². The van der Waals surface area contributed by atoms with Crippen LogP contribution >= 0.6 is 0 Å². The van der Waals surface area contributed by atoms with E-state index in [0.29, 0.717) is 31.1 Å². The molecule has 3 rings (SSSR count). The lowest BCUT2D eigenvalue weighted by Crippen LogP contribution is -2.50. The van der Waals surface area contributed by atoms with Crippen LogP contribution in [0.15, 0.2) is 42.5 Å². The lowest BCUT2D eigenvalue weighted by atomic mass is 9.91. The standard InChI is InChI=1S/C33H46F2N4O3/c1-4-15-39(16-5-2)33(42)26-12-8-11-25(18-26)32(41)38-30(19-24-13-14-27(34)20-28(24)35)29(36)17-22(3)31(40)37-21-23-9-6-7-10-23/h8,11-14,18,20,22-23,29-30H,4-7,9-10,15-17,19,21,36H2,1-3H3,(H,37,40)(H,38,41)/t22-,29+,30+/m1/s1. The average Bonchev–Trinajstić information content (AvgIpc) is 3.50. The minimum Gasteiger partial charge on any atom is -0.356 e. The van der Waals surface area contributed by atoms with Gasteiger partial charge in [-0.2, -0.15) is 0 Å². The molecule has 1 saturated carbocycles. The van der Waals surface area contributed by atoms with Crippen molar-refractivity contribution in [1.82, 2.24) is 15.5 Å². The van der Waals surface area contributed by atoms with Crippen molar-refractivity contribution in [2.24, 2.45) is 17.6 Å². The Hall–Kier alpha value is -3.33. The molecule has 9 heteroatoms. The highest BCUT2D eigenvalue weighted by Gasteiger charge is 2.27. The summed E-state index contributed by atoms with van der Waals surface area (Å²) in [5.41, 5.74) is 7.44. The molecule has 0 aromatic heterocycles. The van der Waals surface area contributed by atoms with Crippen molar-refractivity contribution < 1.29 is 23.2 Å². The fraction of sp³-hybridized carbons (Fsp3) is 0.545. The summed E-state index contributed by atoms with van der Waals surface area (Å²) in [6.45, 7) is 7.68. The summed E-state index contributed by atoms with van der Waals surface area (Å²) in [7, 11) is 0. The second kappa shape index (κ2) is 16.3. The van der Waals surface area contributed by atoms with E-state index in [9.17, 15) is 23.2 Å². The molecule has 230 valence electrons. The van der Waals surface area contributed by atoms with Gasteiger partial charge in [0.05, 0.1) is 0 Å². The third-order valence-electron chi connectivity index (χ3n) is 8.05. The lowest BCUT2D eigenvalue weighted by Gasteiger charge is -2.28. The Labute approximate surface area is 248 Å². The minimum atomic E-state index is -0.751. The van der Waals surface area contributed by atoms with E-state index in [1.54, 1.807) is 36.1 Å². The van der Waals surface area contributed by atoms with Crippen molar-refractivity contribution in [2.45, 2.75) is 84.2 Å². The number of benzene rings is 2. The predicted octanol–water partition coefficient (Wildman–Crippen LogP) is 5.23. The molecule has 0 heterocycles. The average molecular weight is 585 g/mol. The Kier molecular flexibility index (Phi) is 12.9. The Bertz CT molecular complexity index is 1200. The zero-order valence-electron chi connectivity index (χ0n) is 25.1. The van der Waals surface area contributed by atoms with Crippen molar-refractivity contribution in [2.75, 3.05) is 19.6 Å². The predicted molar refractivity (Wildman–Crippen MR) is 161 cm³/mol. The third kappa shape index (κ3) is 9.61. The Morgan fingerprint density at radius 2 is 1.67 bits per heavy atom. The summed E-state index contributed by atoms with van der Waals surface area (Å²) in [4.78, 5) is 41.1. The molecule has 0 aliphatic heterocycles. The molecular formula is C33H46F2N4O3. The molecule has 1 aliphatic rings. The fourth-order valence-corrected chi connectivity index (χ4v) is 5.63. The minimum absolute atomic E-state index is 0.00876. The third-order valence-corrected chi connectivity index (χ3v) is 8.05. The van der Waals surface area contributed by atoms with Gasteiger partial charge in [-0.1, -0.05) is 45.7 Å². The maximum absolute atomic E-state index is 14.6. The van der Waals surface area contributed by atoms with E-state index in [0.717, 1.165) is 37.8 Å². The fourth-order valence-electron chi connectivity index (χ4n) is 5.63. The van der Waals surface area contributed by atoms with Crippen LogP contribution in [0, 0.1) is 23.5 Å². The molecule has 0 unspecified atom stereocenters. The van der Waals surface area contributed by atoms with Gasteiger partial charge in [-0.05, 0) is 74.3 Å². The van der Waals surface area contributed by atoms with E-state index in [1.807, 2.05) is 13.8 Å². The van der Waals surface area contributed by atoms with Gasteiger partial charge >= 0.3 is 0 Å². The van der Waals surface area contributed by atoms with Crippen molar-refractivity contribution >= 4 is 17.7 Å². The van der Waals surface area contributed by atoms with Crippen LogP contribution in [0.3, 0.4) is 0 Å². The molecule has 1 fully saturated rings. The topological polar surface area (TPSA) is 105 Å². The van der Waals surface area contributed by atoms with Crippen molar-refractivity contribution in [3.63, 3.8) is 0 Å². The first kappa shape index (κ1) is 33.2. The molecule has 2 aromatic carbocycles. The van der Waals surface area contributed by atoms with Gasteiger partial charge in [0, 0.05) is 54.8 Å². The lowest BCUT2D eigenvalue weighted by molar-refractivity contribution is -0.125. The Morgan fingerprint density at radius 1 is 1.00 bits per heavy atom. The van der Waals surface area contributed by atoms with E-state index >= 15 is 0 Å². The zero-order valence-corrected chi connectivity index (χ0v) is 25.1. The molecule has 1 aliphatic carbocycles. The molecule has 2 aromatic rings. The van der Waals surface area contributed by atoms with Gasteiger partial charge in [-0.15, -0.1) is 0 Å². The highest BCUT2D eigenvalue weighted by Crippen LogP contribution is 2.24. The highest BCUT2D eigenvalue weighted by atomic mass is 19.1. The first-order valence-electron chi connectivity index (χ1n) is 15.3. The molecule has 0 bridgehead atoms. The van der Waals surface area contributed by atoms with Crippen LogP contribution in [0.2, 0.25) is 0 Å². The molecular weight excluding hydrogens is 538 g/mol. The van der Waals surface area contributed by atoms with Gasteiger partial charge < -0.3 is 21.3 Å². The van der Waals surface area contributed by atoms with E-state index in [2.05, 4.69) is 10.6 Å². The number of rotatable bonds is 15. The maximum Gasteiger partial charge on any atom is 0.253 e. The quantitative estimate of drug-likeness (QED) is 0.267. The van der Waals surface area contributed by atoms with Gasteiger partial charge in [0.1, 0.15) is 11.6 Å². The molecule has 4 N–H and O–H groups in total. The molecule has 0 spiro atoms. The van der Waals surface area contributed by atoms with Gasteiger partial charge in [0.15, 0.2) is 0 Å². The van der Waals surface area contributed by atoms with E-state index in [1.165, 1.54) is 18.9 Å². The second-order valence-corrected chi connectivity index (χ2v) is 11.6. The number of nitrogens with two attached hydrogens (primary N) is 1. The largest absolute Gasteiger partial charge is 0.356 e. The van der Waals surface area contributed by atoms with E-state index in [-0.39, 0.29) is 35.8 Å². The summed E-state index contributed by atoms with van der Waals surface area (Å²) in [5.74, 6) is -2.08. The van der Waals surface area contributed by atoms with Gasteiger partial charge in [-0.25, -0.2) is 8.78 Å². The van der Waals surface area contributed by atoms with E-state index in [4.69, 9.17) is 5.73 Å². The van der Waals surface area contributed by atoms with Gasteiger partial charge in [0.25, 0.3) is 11.8 Å². The molecule has 3 amide bonds. The number of carbonyl (C=O) groups is 3. The first-order valence-corrected chi connectivity index (χ1v) is 15.3. The summed E-state index contributed by atoms with van der Waals surface area (Å²) >= 11 is 0. The molecule has 3 atom stereocenters. The van der Waals surface area contributed by atoms with Crippen LogP contribution in [0.1, 0.15) is 92.0 Å². The number of amides is 3. The maximum atomic E-state index is 14.6. The monoisotopic (exact) mass is 584 g/mol. The van der Waals surface area contributed by atoms with Crippen molar-refractivity contribution in [3.8, 4) is 0 Å². The van der Waals surface area contributed by atoms with Crippen LogP contribution in [-0.2, 0) is 11.2 Å². The number of nitrogens with zero attached hydrogens (tertiary/aromatic N) is 1. The Balaban J connectivity index is 1.75. The molecule has 42 heavy (non-hydrogen) atoms. The van der Waals surface area contributed by atoms with Crippen LogP contribution in [0.25, 0.3) is 0 Å². The highest BCUT2D eigenvalue weighted by molar-refractivity contribution is 5.99. The van der Waals surface area contributed by atoms with Gasteiger partial charge in [-0.3, -0.25) is 14.4 Å². The van der Waals surface area contributed by atoms with Crippen LogP contribution in [0.5, 0.6) is 0 Å². The molecule has 0 saturated heterocycles. The number of halogens is 2. The summed E-state index contributed by atoms with van der Waals surface area (Å²) in [6.07, 6.45) is 6.52. The number of hydrogen-bond donors (Lipinski definition) is 3. The molecule has 0 radical (unpaired) electrons. The zero-order chi connectivity index (χ0) is 30.6. The summed E-state index contributed by atoms with van der Waals surface area (Å²) in [6, 6.07) is 8.35. The SMILES string of the molecule is CCCN(CCC)C(=O)c1cccc(C(=O)N[C@@H](Cc2ccc(F)cc2F)[C@@H](N)C[C@@H](C)C(=O)NCC2CCCC2)c1. The summed E-state index contributed by atoms with van der Waals surface area (Å²) < 4.78 is 28.2. The van der Waals surface area contributed by atoms with Crippen molar-refractivity contribution in [1.29, 1.82) is 0 Å². The summed E-state index contributed by atoms with van der Waals surface area (Å²) in [5, 5.41) is 5.93. The number of nitrogens with one attached hydrogen (secondary N) is 2. The van der Waals surface area contributed by atoms with Crippen LogP contribution in [0.4, 0.5) is 8.78 Å². The number of hydrogen-bond acceptors (Lipinski definition) is 4. The molecule has 7 nitrogen and oxygen atoms in total. The second-order valence-electron chi connectivity index (χ2n) is 11.6. The Morgan fingerprint density at radius 3 is 2.31 bits per heavy atom. The van der Waals surface area contributed by atoms with E-state index < -0.39 is 35.5 Å². The smallest absolute Gasteiger partial charge is 0.253 e. The number of carbonyl (C=O) groups excluding carboxylic acids is 3. The normalized spacial score (nSPS) is 15.6. The van der Waals surface area contributed by atoms with Crippen molar-refractivity contribution in [3.05, 3.63) is 70.8 Å². The first-order chi connectivity index (χ1) is 20.1.